The van der Waals surface area contributed by atoms with Gasteiger partial charge in [-0.15, -0.1) is 11.8 Å². The Morgan fingerprint density at radius 2 is 2.22 bits per heavy atom. The van der Waals surface area contributed by atoms with Crippen molar-refractivity contribution in [3.63, 3.8) is 0 Å². The van der Waals surface area contributed by atoms with Gasteiger partial charge >= 0.3 is 0 Å². The van der Waals surface area contributed by atoms with E-state index in [-0.39, 0.29) is 0 Å². The molecule has 3 heterocycles. The lowest BCUT2D eigenvalue weighted by Crippen LogP contribution is -1.94. The summed E-state index contributed by atoms with van der Waals surface area (Å²) in [5.41, 5.74) is 3.06. The third kappa shape index (κ3) is 1.51. The molecule has 3 aromatic rings. The van der Waals surface area contributed by atoms with Gasteiger partial charge in [-0.3, -0.25) is 0 Å². The first kappa shape index (κ1) is 10.1. The van der Waals surface area contributed by atoms with E-state index >= 15 is 0 Å². The smallest absolute Gasteiger partial charge is 0.180 e. The van der Waals surface area contributed by atoms with Crippen molar-refractivity contribution in [1.82, 2.24) is 19.9 Å². The number of benzene rings is 1. The van der Waals surface area contributed by atoms with Crippen molar-refractivity contribution in [1.29, 1.82) is 0 Å². The van der Waals surface area contributed by atoms with E-state index in [9.17, 15) is 0 Å². The summed E-state index contributed by atoms with van der Waals surface area (Å²) in [6.45, 7) is 0. The molecular weight excluding hydrogens is 244 g/mol. The monoisotopic (exact) mass is 254 g/mol. The highest BCUT2D eigenvalue weighted by molar-refractivity contribution is 7.99. The third-order valence-electron chi connectivity index (χ3n) is 3.13. The van der Waals surface area contributed by atoms with Gasteiger partial charge in [-0.2, -0.15) is 0 Å². The van der Waals surface area contributed by atoms with E-state index in [1.807, 2.05) is 11.8 Å². The maximum absolute atomic E-state index is 4.55. The molecule has 1 unspecified atom stereocenters. The lowest BCUT2D eigenvalue weighted by Gasteiger charge is -2.02. The van der Waals surface area contributed by atoms with E-state index in [2.05, 4.69) is 44.2 Å². The normalized spacial score (nSPS) is 18.1. The Balaban J connectivity index is 1.73. The Hall–Kier alpha value is -1.88. The Morgan fingerprint density at radius 1 is 1.28 bits per heavy atom. The van der Waals surface area contributed by atoms with E-state index in [0.717, 1.165) is 23.4 Å². The zero-order valence-electron chi connectivity index (χ0n) is 9.50. The molecule has 5 heteroatoms. The van der Waals surface area contributed by atoms with Crippen LogP contribution in [0, 0.1) is 0 Å². The predicted molar refractivity (Wildman–Crippen MR) is 70.4 cm³/mol. The van der Waals surface area contributed by atoms with Crippen LogP contribution >= 0.6 is 11.8 Å². The molecule has 0 radical (unpaired) electrons. The second-order valence-electron chi connectivity index (χ2n) is 4.30. The topological polar surface area (TPSA) is 54.5 Å². The highest BCUT2D eigenvalue weighted by atomic mass is 32.2. The second-order valence-corrected chi connectivity index (χ2v) is 5.54. The molecule has 1 atom stereocenters. The van der Waals surface area contributed by atoms with Crippen LogP contribution in [0.4, 0.5) is 0 Å². The largest absolute Gasteiger partial charge is 0.338 e. The number of rotatable bonds is 1. The number of nitrogens with one attached hydrogen (secondary N) is 1. The number of aromatic nitrogens is 4. The van der Waals surface area contributed by atoms with Gasteiger partial charge in [-0.25, -0.2) is 15.0 Å². The maximum atomic E-state index is 4.55. The van der Waals surface area contributed by atoms with E-state index < -0.39 is 0 Å². The highest BCUT2D eigenvalue weighted by Gasteiger charge is 2.25. The van der Waals surface area contributed by atoms with Crippen molar-refractivity contribution < 1.29 is 0 Å². The summed E-state index contributed by atoms with van der Waals surface area (Å²) in [7, 11) is 0. The average molecular weight is 254 g/mol. The molecular formula is C13H10N4S. The molecule has 1 N–H and O–H groups in total. The fraction of sp³-hybridized carbons (Fsp3) is 0.154. The van der Waals surface area contributed by atoms with Gasteiger partial charge in [0, 0.05) is 4.90 Å². The number of imidazole rings is 1. The van der Waals surface area contributed by atoms with Gasteiger partial charge in [-0.05, 0) is 18.1 Å². The summed E-state index contributed by atoms with van der Waals surface area (Å²) in [4.78, 5) is 17.4. The van der Waals surface area contributed by atoms with Crippen molar-refractivity contribution in [2.24, 2.45) is 0 Å². The standard InChI is InChI=1S/C13H10N4S/c1-2-4-10-8(3-1)5-11(18-10)13-16-9-6-14-7-15-12(9)17-13/h1-4,6-7,11H,5H2,(H,14,15,16,17). The molecule has 0 aliphatic carbocycles. The summed E-state index contributed by atoms with van der Waals surface area (Å²) in [5.74, 6) is 0.992. The second kappa shape index (κ2) is 3.81. The number of hydrogen-bond acceptors (Lipinski definition) is 4. The zero-order chi connectivity index (χ0) is 11.9. The van der Waals surface area contributed by atoms with Crippen LogP contribution in [-0.4, -0.2) is 19.9 Å². The molecule has 0 spiro atoms. The number of thioether (sulfide) groups is 1. The van der Waals surface area contributed by atoms with Gasteiger partial charge in [-0.1, -0.05) is 18.2 Å². The molecule has 1 aliphatic rings. The molecule has 1 aliphatic heterocycles. The van der Waals surface area contributed by atoms with Gasteiger partial charge in [0.2, 0.25) is 0 Å². The molecule has 18 heavy (non-hydrogen) atoms. The van der Waals surface area contributed by atoms with Crippen LogP contribution in [0.5, 0.6) is 0 Å². The van der Waals surface area contributed by atoms with Crippen LogP contribution in [0.15, 0.2) is 41.7 Å². The lowest BCUT2D eigenvalue weighted by molar-refractivity contribution is 0.880. The molecule has 0 amide bonds. The Labute approximate surface area is 108 Å². The summed E-state index contributed by atoms with van der Waals surface area (Å²) >= 11 is 1.86. The quantitative estimate of drug-likeness (QED) is 0.725. The molecule has 0 saturated heterocycles. The summed E-state index contributed by atoms with van der Waals surface area (Å²) in [6, 6.07) is 8.53. The number of H-pyrrole nitrogens is 1. The molecule has 1 aromatic carbocycles. The first-order valence-electron chi connectivity index (χ1n) is 5.80. The van der Waals surface area contributed by atoms with Gasteiger partial charge in [0.05, 0.1) is 11.4 Å². The Kier molecular flexibility index (Phi) is 2.14. The Bertz CT molecular complexity index is 664. The Morgan fingerprint density at radius 3 is 3.11 bits per heavy atom. The molecule has 0 fully saturated rings. The number of hydrogen-bond donors (Lipinski definition) is 1. The van der Waals surface area contributed by atoms with E-state index in [1.54, 1.807) is 6.20 Å². The van der Waals surface area contributed by atoms with Gasteiger partial charge in [0.1, 0.15) is 17.7 Å². The van der Waals surface area contributed by atoms with Crippen molar-refractivity contribution in [2.75, 3.05) is 0 Å². The summed E-state index contributed by atoms with van der Waals surface area (Å²) in [6.07, 6.45) is 4.32. The van der Waals surface area contributed by atoms with Crippen LogP contribution in [-0.2, 0) is 6.42 Å². The minimum absolute atomic E-state index is 0.358. The SMILES string of the molecule is c1ccc2c(c1)CC(c1nc3ncncc3[nH]1)S2. The molecule has 2 aromatic heterocycles. The summed E-state index contributed by atoms with van der Waals surface area (Å²) < 4.78 is 0. The van der Waals surface area contributed by atoms with E-state index in [0.29, 0.717) is 5.25 Å². The minimum Gasteiger partial charge on any atom is -0.338 e. The minimum atomic E-state index is 0.358. The maximum Gasteiger partial charge on any atom is 0.180 e. The van der Waals surface area contributed by atoms with Crippen LogP contribution in [0.25, 0.3) is 11.2 Å². The fourth-order valence-corrected chi connectivity index (χ4v) is 3.52. The predicted octanol–water partition coefficient (Wildman–Crippen LogP) is 2.74. The number of nitrogens with zero attached hydrogens (tertiary/aromatic N) is 3. The van der Waals surface area contributed by atoms with Crippen LogP contribution in [0.2, 0.25) is 0 Å². The zero-order valence-corrected chi connectivity index (χ0v) is 10.3. The van der Waals surface area contributed by atoms with Gasteiger partial charge in [0.25, 0.3) is 0 Å². The summed E-state index contributed by atoms with van der Waals surface area (Å²) in [5, 5.41) is 0.358. The van der Waals surface area contributed by atoms with Crippen molar-refractivity contribution >= 4 is 22.9 Å². The fourth-order valence-electron chi connectivity index (χ4n) is 2.27. The van der Waals surface area contributed by atoms with E-state index in [1.165, 1.54) is 16.8 Å². The first-order chi connectivity index (χ1) is 8.90. The molecule has 4 rings (SSSR count). The number of fused-ring (bicyclic) bond motifs is 2. The van der Waals surface area contributed by atoms with Crippen molar-refractivity contribution in [3.05, 3.63) is 48.2 Å². The lowest BCUT2D eigenvalue weighted by atomic mass is 10.1. The van der Waals surface area contributed by atoms with Crippen LogP contribution in [0.3, 0.4) is 0 Å². The average Bonchev–Trinajstić information content (AvgIpc) is 3.02. The molecule has 0 saturated carbocycles. The van der Waals surface area contributed by atoms with Crippen LogP contribution < -0.4 is 0 Å². The first-order valence-corrected chi connectivity index (χ1v) is 6.68. The third-order valence-corrected chi connectivity index (χ3v) is 4.46. The van der Waals surface area contributed by atoms with Gasteiger partial charge in [0.15, 0.2) is 5.65 Å². The molecule has 4 nitrogen and oxygen atoms in total. The van der Waals surface area contributed by atoms with Crippen molar-refractivity contribution in [2.45, 2.75) is 16.6 Å². The van der Waals surface area contributed by atoms with Crippen molar-refractivity contribution in [3.8, 4) is 0 Å². The highest BCUT2D eigenvalue weighted by Crippen LogP contribution is 2.45. The van der Waals surface area contributed by atoms with E-state index in [4.69, 9.17) is 0 Å². The molecule has 0 bridgehead atoms. The number of aromatic amines is 1. The molecule has 88 valence electrons. The van der Waals surface area contributed by atoms with Gasteiger partial charge < -0.3 is 4.98 Å². The van der Waals surface area contributed by atoms with Crippen LogP contribution in [0.1, 0.15) is 16.6 Å².